The van der Waals surface area contributed by atoms with E-state index >= 15 is 0 Å². The second-order valence-corrected chi connectivity index (χ2v) is 8.54. The molecule has 0 radical (unpaired) electrons. The van der Waals surface area contributed by atoms with Gasteiger partial charge in [-0.1, -0.05) is 30.0 Å². The number of nitrogens with one attached hydrogen (secondary N) is 1. The van der Waals surface area contributed by atoms with Gasteiger partial charge >= 0.3 is 0 Å². The average Bonchev–Trinajstić information content (AvgIpc) is 3.50. The van der Waals surface area contributed by atoms with Crippen molar-refractivity contribution in [1.29, 1.82) is 0 Å². The van der Waals surface area contributed by atoms with Crippen molar-refractivity contribution < 1.29 is 4.79 Å². The molecule has 0 spiro atoms. The summed E-state index contributed by atoms with van der Waals surface area (Å²) in [6.45, 7) is 5.98. The van der Waals surface area contributed by atoms with Crippen LogP contribution >= 0.6 is 11.8 Å². The van der Waals surface area contributed by atoms with Gasteiger partial charge in [-0.3, -0.25) is 4.79 Å². The largest absolute Gasteiger partial charge is 0.325 e. The molecule has 2 saturated carbocycles. The highest BCUT2D eigenvalue weighted by Gasteiger charge is 2.37. The van der Waals surface area contributed by atoms with Gasteiger partial charge in [0.25, 0.3) is 0 Å². The molecule has 6 heteroatoms. The van der Waals surface area contributed by atoms with Crippen LogP contribution in [0.25, 0.3) is 0 Å². The van der Waals surface area contributed by atoms with Crippen molar-refractivity contribution in [2.75, 3.05) is 5.32 Å². The number of hydrogen-bond acceptors (Lipinski definition) is 4. The summed E-state index contributed by atoms with van der Waals surface area (Å²) in [6, 6.07) is 6.59. The molecule has 1 heterocycles. The van der Waals surface area contributed by atoms with Gasteiger partial charge in [0.05, 0.1) is 5.25 Å². The summed E-state index contributed by atoms with van der Waals surface area (Å²) in [4.78, 5) is 12.7. The summed E-state index contributed by atoms with van der Waals surface area (Å²) < 4.78 is 2.30. The third-order valence-corrected chi connectivity index (χ3v) is 5.98. The Balaban J connectivity index is 1.48. The SMILES string of the molecule is Cc1cccc(C)c1NC(=O)[C@H](C)Sc1nnc(C2CC2)n1C1CC1. The number of nitrogens with zero attached hydrogens (tertiary/aromatic N) is 3. The molecule has 1 aromatic carbocycles. The highest BCUT2D eigenvalue weighted by atomic mass is 32.2. The van der Waals surface area contributed by atoms with Crippen molar-refractivity contribution in [3.8, 4) is 0 Å². The molecule has 5 nitrogen and oxygen atoms in total. The summed E-state index contributed by atoms with van der Waals surface area (Å²) in [7, 11) is 0. The smallest absolute Gasteiger partial charge is 0.237 e. The molecular weight excluding hydrogens is 332 g/mol. The highest BCUT2D eigenvalue weighted by molar-refractivity contribution is 8.00. The van der Waals surface area contributed by atoms with Crippen LogP contribution in [0.5, 0.6) is 0 Å². The number of hydrogen-bond donors (Lipinski definition) is 1. The van der Waals surface area contributed by atoms with E-state index in [0.717, 1.165) is 27.8 Å². The lowest BCUT2D eigenvalue weighted by Crippen LogP contribution is -2.24. The topological polar surface area (TPSA) is 59.8 Å². The van der Waals surface area contributed by atoms with E-state index in [9.17, 15) is 4.79 Å². The Bertz CT molecular complexity index is 788. The van der Waals surface area contributed by atoms with Crippen molar-refractivity contribution >= 4 is 23.4 Å². The Morgan fingerprint density at radius 3 is 2.48 bits per heavy atom. The molecule has 0 saturated heterocycles. The molecule has 0 aliphatic heterocycles. The normalized spacial score (nSPS) is 18.2. The maximum atomic E-state index is 12.7. The monoisotopic (exact) mass is 356 g/mol. The van der Waals surface area contributed by atoms with Gasteiger partial charge < -0.3 is 9.88 Å². The zero-order valence-corrected chi connectivity index (χ0v) is 15.8. The number of aromatic nitrogens is 3. The lowest BCUT2D eigenvalue weighted by molar-refractivity contribution is -0.115. The fraction of sp³-hybridized carbons (Fsp3) is 0.526. The molecule has 132 valence electrons. The van der Waals surface area contributed by atoms with Gasteiger partial charge in [0.1, 0.15) is 5.82 Å². The van der Waals surface area contributed by atoms with E-state index in [1.54, 1.807) is 0 Å². The van der Waals surface area contributed by atoms with Crippen LogP contribution in [-0.2, 0) is 4.79 Å². The lowest BCUT2D eigenvalue weighted by Gasteiger charge is -2.15. The standard InChI is InChI=1S/C19H24N4OS/c1-11-5-4-6-12(2)16(11)20-18(24)13(3)25-19-22-21-17(14-7-8-14)23(19)15-9-10-15/h4-6,13-15H,7-10H2,1-3H3,(H,20,24)/t13-/m0/s1. The molecule has 2 aliphatic carbocycles. The number of thioether (sulfide) groups is 1. The van der Waals surface area contributed by atoms with Gasteiger partial charge in [-0.2, -0.15) is 0 Å². The van der Waals surface area contributed by atoms with Crippen molar-refractivity contribution in [3.63, 3.8) is 0 Å². The predicted octanol–water partition coefficient (Wildman–Crippen LogP) is 4.23. The first-order chi connectivity index (χ1) is 12.0. The molecule has 1 atom stereocenters. The molecule has 4 rings (SSSR count). The van der Waals surface area contributed by atoms with Gasteiger partial charge in [0.2, 0.25) is 5.91 Å². The Kier molecular flexibility index (Phi) is 4.31. The van der Waals surface area contributed by atoms with Crippen LogP contribution in [-0.4, -0.2) is 25.9 Å². The average molecular weight is 356 g/mol. The first kappa shape index (κ1) is 16.6. The molecule has 0 bridgehead atoms. The molecule has 1 aromatic heterocycles. The number of para-hydroxylation sites is 1. The van der Waals surface area contributed by atoms with E-state index in [1.165, 1.54) is 37.4 Å². The summed E-state index contributed by atoms with van der Waals surface area (Å²) in [5, 5.41) is 12.6. The number of carbonyl (C=O) groups excluding carboxylic acids is 1. The quantitative estimate of drug-likeness (QED) is 0.787. The Labute approximate surface area is 152 Å². The van der Waals surface area contributed by atoms with Crippen molar-refractivity contribution in [1.82, 2.24) is 14.8 Å². The predicted molar refractivity (Wildman–Crippen MR) is 100 cm³/mol. The fourth-order valence-electron chi connectivity index (χ4n) is 3.11. The van der Waals surface area contributed by atoms with Crippen LogP contribution in [0, 0.1) is 13.8 Å². The minimum Gasteiger partial charge on any atom is -0.325 e. The highest BCUT2D eigenvalue weighted by Crippen LogP contribution is 2.46. The molecular formula is C19H24N4OS. The Hall–Kier alpha value is -1.82. The maximum absolute atomic E-state index is 12.7. The summed E-state index contributed by atoms with van der Waals surface area (Å²) in [5.41, 5.74) is 3.09. The van der Waals surface area contributed by atoms with E-state index in [0.29, 0.717) is 12.0 Å². The van der Waals surface area contributed by atoms with Gasteiger partial charge in [-0.05, 0) is 57.6 Å². The van der Waals surface area contributed by atoms with Crippen LogP contribution in [0.2, 0.25) is 0 Å². The van der Waals surface area contributed by atoms with Gasteiger partial charge in [0, 0.05) is 17.6 Å². The Morgan fingerprint density at radius 2 is 1.88 bits per heavy atom. The van der Waals surface area contributed by atoms with E-state index in [-0.39, 0.29) is 11.2 Å². The first-order valence-electron chi connectivity index (χ1n) is 9.03. The zero-order chi connectivity index (χ0) is 17.6. The van der Waals surface area contributed by atoms with Crippen LogP contribution in [0.1, 0.15) is 61.5 Å². The number of benzene rings is 1. The first-order valence-corrected chi connectivity index (χ1v) is 9.91. The third-order valence-electron chi connectivity index (χ3n) is 4.93. The summed E-state index contributed by atoms with van der Waals surface area (Å²) in [6.07, 6.45) is 4.85. The molecule has 0 unspecified atom stereocenters. The number of amides is 1. The number of aryl methyl sites for hydroxylation is 2. The van der Waals surface area contributed by atoms with Crippen molar-refractivity contribution in [2.45, 2.75) is 68.8 Å². The fourth-order valence-corrected chi connectivity index (χ4v) is 4.04. The molecule has 1 N–H and O–H groups in total. The number of rotatable bonds is 6. The Morgan fingerprint density at radius 1 is 1.20 bits per heavy atom. The molecule has 2 aromatic rings. The third kappa shape index (κ3) is 3.45. The molecule has 25 heavy (non-hydrogen) atoms. The van der Waals surface area contributed by atoms with Crippen molar-refractivity contribution in [3.05, 3.63) is 35.2 Å². The summed E-state index contributed by atoms with van der Waals surface area (Å²) >= 11 is 1.52. The van der Waals surface area contributed by atoms with Gasteiger partial charge in [-0.15, -0.1) is 10.2 Å². The molecule has 1 amide bonds. The second-order valence-electron chi connectivity index (χ2n) is 7.23. The molecule has 2 fully saturated rings. The minimum absolute atomic E-state index is 0.0146. The second kappa shape index (κ2) is 6.48. The number of carbonyl (C=O) groups is 1. The van der Waals surface area contributed by atoms with E-state index in [2.05, 4.69) is 20.1 Å². The van der Waals surface area contributed by atoms with Gasteiger partial charge in [-0.25, -0.2) is 0 Å². The number of anilines is 1. The van der Waals surface area contributed by atoms with Crippen LogP contribution in [0.3, 0.4) is 0 Å². The zero-order valence-electron chi connectivity index (χ0n) is 15.0. The van der Waals surface area contributed by atoms with Crippen LogP contribution in [0.15, 0.2) is 23.4 Å². The van der Waals surface area contributed by atoms with Crippen molar-refractivity contribution in [2.24, 2.45) is 0 Å². The van der Waals surface area contributed by atoms with E-state index < -0.39 is 0 Å². The van der Waals surface area contributed by atoms with Crippen LogP contribution < -0.4 is 5.32 Å². The molecule has 2 aliphatic rings. The van der Waals surface area contributed by atoms with Gasteiger partial charge in [0.15, 0.2) is 5.16 Å². The van der Waals surface area contributed by atoms with E-state index in [1.807, 2.05) is 39.0 Å². The van der Waals surface area contributed by atoms with Crippen LogP contribution in [0.4, 0.5) is 5.69 Å². The lowest BCUT2D eigenvalue weighted by atomic mass is 10.1. The van der Waals surface area contributed by atoms with E-state index in [4.69, 9.17) is 0 Å². The summed E-state index contributed by atoms with van der Waals surface area (Å²) in [5.74, 6) is 1.73. The minimum atomic E-state index is -0.215. The maximum Gasteiger partial charge on any atom is 0.237 e.